The number of methoxy groups -OCH3 is 1. The molecule has 3 rings (SSSR count). The predicted molar refractivity (Wildman–Crippen MR) is 77.5 cm³/mol. The maximum Gasteiger partial charge on any atom is 0.207 e. The van der Waals surface area contributed by atoms with Gasteiger partial charge < -0.3 is 10.5 Å². The van der Waals surface area contributed by atoms with Gasteiger partial charge in [0.1, 0.15) is 5.52 Å². The molecule has 1 aromatic carbocycles. The summed E-state index contributed by atoms with van der Waals surface area (Å²) >= 11 is 3.33. The van der Waals surface area contributed by atoms with Crippen LogP contribution in [-0.4, -0.2) is 21.6 Å². The Morgan fingerprint density at radius 3 is 2.90 bits per heavy atom. The summed E-state index contributed by atoms with van der Waals surface area (Å²) in [6, 6.07) is 6.28. The summed E-state index contributed by atoms with van der Waals surface area (Å²) in [6.07, 6.45) is 1.65. The molecule has 0 aliphatic rings. The lowest BCUT2D eigenvalue weighted by Crippen LogP contribution is -2.02. The monoisotopic (exact) mass is 336 g/mol. The normalized spacial score (nSPS) is 10.9. The molecule has 0 saturated carbocycles. The first-order valence-electron chi connectivity index (χ1n) is 5.73. The van der Waals surface area contributed by atoms with Gasteiger partial charge >= 0.3 is 0 Å². The second-order valence-electron chi connectivity index (χ2n) is 4.12. The standard InChI is InChI=1S/C13H10BrFN4O/c1-20-11-5-8(2-3-9(11)15)19-12-10(18-13(19)16)4-7(14)6-17-12/h2-6H,1H3,(H2,16,18). The number of fused-ring (bicyclic) bond motifs is 1. The van der Waals surface area contributed by atoms with E-state index in [9.17, 15) is 4.39 Å². The molecular weight excluding hydrogens is 327 g/mol. The van der Waals surface area contributed by atoms with Gasteiger partial charge in [-0.3, -0.25) is 4.57 Å². The van der Waals surface area contributed by atoms with E-state index in [1.54, 1.807) is 22.9 Å². The summed E-state index contributed by atoms with van der Waals surface area (Å²) < 4.78 is 20.9. The fourth-order valence-electron chi connectivity index (χ4n) is 2.00. The lowest BCUT2D eigenvalue weighted by Gasteiger charge is -2.08. The van der Waals surface area contributed by atoms with Crippen molar-refractivity contribution in [2.75, 3.05) is 12.8 Å². The van der Waals surface area contributed by atoms with Crippen molar-refractivity contribution in [1.82, 2.24) is 14.5 Å². The number of imidazole rings is 1. The molecular formula is C13H10BrFN4O. The minimum Gasteiger partial charge on any atom is -0.494 e. The van der Waals surface area contributed by atoms with Crippen molar-refractivity contribution >= 4 is 33.0 Å². The van der Waals surface area contributed by atoms with Crippen molar-refractivity contribution in [2.45, 2.75) is 0 Å². The summed E-state index contributed by atoms with van der Waals surface area (Å²) in [7, 11) is 1.41. The third-order valence-corrected chi connectivity index (χ3v) is 3.32. The smallest absolute Gasteiger partial charge is 0.207 e. The highest BCUT2D eigenvalue weighted by atomic mass is 79.9. The third-order valence-electron chi connectivity index (χ3n) is 2.88. The summed E-state index contributed by atoms with van der Waals surface area (Å²) in [4.78, 5) is 8.54. The van der Waals surface area contributed by atoms with Crippen molar-refractivity contribution in [3.05, 3.63) is 40.8 Å². The molecule has 0 bridgehead atoms. The van der Waals surface area contributed by atoms with Crippen LogP contribution >= 0.6 is 15.9 Å². The summed E-state index contributed by atoms with van der Waals surface area (Å²) in [5.41, 5.74) is 7.81. The van der Waals surface area contributed by atoms with Crippen LogP contribution in [0.4, 0.5) is 10.3 Å². The Bertz CT molecular complexity index is 802. The van der Waals surface area contributed by atoms with Gasteiger partial charge in [0.25, 0.3) is 0 Å². The first-order valence-corrected chi connectivity index (χ1v) is 6.53. The van der Waals surface area contributed by atoms with E-state index in [-0.39, 0.29) is 11.7 Å². The van der Waals surface area contributed by atoms with Crippen LogP contribution in [0.3, 0.4) is 0 Å². The topological polar surface area (TPSA) is 66.0 Å². The summed E-state index contributed by atoms with van der Waals surface area (Å²) in [6.45, 7) is 0. The Kier molecular flexibility index (Phi) is 3.06. The van der Waals surface area contributed by atoms with Gasteiger partial charge in [-0.05, 0) is 34.1 Å². The predicted octanol–water partition coefficient (Wildman–Crippen LogP) is 2.91. The first-order chi connectivity index (χ1) is 9.60. The van der Waals surface area contributed by atoms with Gasteiger partial charge in [-0.1, -0.05) is 0 Å². The highest BCUT2D eigenvalue weighted by Crippen LogP contribution is 2.27. The van der Waals surface area contributed by atoms with Gasteiger partial charge in [0.2, 0.25) is 5.95 Å². The Hall–Kier alpha value is -2.15. The number of hydrogen-bond donors (Lipinski definition) is 1. The molecule has 0 aliphatic carbocycles. The van der Waals surface area contributed by atoms with Gasteiger partial charge in [-0.15, -0.1) is 0 Å². The number of anilines is 1. The van der Waals surface area contributed by atoms with E-state index < -0.39 is 5.82 Å². The molecule has 0 spiro atoms. The molecule has 2 heterocycles. The third kappa shape index (κ3) is 2.00. The Morgan fingerprint density at radius 1 is 1.35 bits per heavy atom. The van der Waals surface area contributed by atoms with E-state index in [1.165, 1.54) is 13.2 Å². The van der Waals surface area contributed by atoms with Crippen molar-refractivity contribution in [3.8, 4) is 11.4 Å². The molecule has 102 valence electrons. The number of aromatic nitrogens is 3. The zero-order valence-corrected chi connectivity index (χ0v) is 12.1. The van der Waals surface area contributed by atoms with E-state index in [0.717, 1.165) is 4.47 Å². The zero-order valence-electron chi connectivity index (χ0n) is 10.5. The van der Waals surface area contributed by atoms with Crippen molar-refractivity contribution in [2.24, 2.45) is 0 Å². The van der Waals surface area contributed by atoms with Crippen molar-refractivity contribution in [1.29, 1.82) is 0 Å². The van der Waals surface area contributed by atoms with Crippen LogP contribution in [0.2, 0.25) is 0 Å². The van der Waals surface area contributed by atoms with Gasteiger partial charge in [0.15, 0.2) is 17.2 Å². The SMILES string of the molecule is COc1cc(-n2c(N)nc3cc(Br)cnc32)ccc1F. The van der Waals surface area contributed by atoms with Crippen molar-refractivity contribution in [3.63, 3.8) is 0 Å². The second kappa shape index (κ2) is 4.75. The molecule has 0 saturated heterocycles. The lowest BCUT2D eigenvalue weighted by atomic mass is 10.3. The van der Waals surface area contributed by atoms with Crippen LogP contribution in [0.15, 0.2) is 34.9 Å². The number of nitrogen functional groups attached to an aromatic ring is 1. The summed E-state index contributed by atoms with van der Waals surface area (Å²) in [5, 5.41) is 0. The van der Waals surface area contributed by atoms with Gasteiger partial charge in [0.05, 0.1) is 12.8 Å². The van der Waals surface area contributed by atoms with E-state index in [0.29, 0.717) is 16.9 Å². The number of rotatable bonds is 2. The average Bonchev–Trinajstić information content (AvgIpc) is 2.74. The Labute approximate surface area is 122 Å². The fraction of sp³-hybridized carbons (Fsp3) is 0.0769. The van der Waals surface area contributed by atoms with Crippen LogP contribution in [0.1, 0.15) is 0 Å². The average molecular weight is 337 g/mol. The second-order valence-corrected chi connectivity index (χ2v) is 5.04. The van der Waals surface area contributed by atoms with Crippen LogP contribution in [0.5, 0.6) is 5.75 Å². The molecule has 20 heavy (non-hydrogen) atoms. The fourth-order valence-corrected chi connectivity index (χ4v) is 2.32. The van der Waals surface area contributed by atoms with Crippen LogP contribution in [-0.2, 0) is 0 Å². The van der Waals surface area contributed by atoms with E-state index in [2.05, 4.69) is 25.9 Å². The molecule has 5 nitrogen and oxygen atoms in total. The molecule has 0 fully saturated rings. The number of halogens is 2. The molecule has 0 unspecified atom stereocenters. The molecule has 0 aliphatic heterocycles. The number of nitrogens with zero attached hydrogens (tertiary/aromatic N) is 3. The molecule has 7 heteroatoms. The van der Waals surface area contributed by atoms with Gasteiger partial charge in [0, 0.05) is 16.7 Å². The molecule has 0 radical (unpaired) electrons. The number of nitrogens with two attached hydrogens (primary N) is 1. The first kappa shape index (κ1) is 12.9. The molecule has 0 atom stereocenters. The molecule has 2 N–H and O–H groups in total. The van der Waals surface area contributed by atoms with Crippen molar-refractivity contribution < 1.29 is 9.13 Å². The van der Waals surface area contributed by atoms with E-state index in [1.807, 2.05) is 6.07 Å². The number of ether oxygens (including phenoxy) is 1. The van der Waals surface area contributed by atoms with E-state index >= 15 is 0 Å². The van der Waals surface area contributed by atoms with Crippen LogP contribution < -0.4 is 10.5 Å². The number of hydrogen-bond acceptors (Lipinski definition) is 4. The number of pyridine rings is 1. The molecule has 0 amide bonds. The lowest BCUT2D eigenvalue weighted by molar-refractivity contribution is 0.386. The highest BCUT2D eigenvalue weighted by Gasteiger charge is 2.13. The maximum atomic E-state index is 13.5. The minimum absolute atomic E-state index is 0.140. The summed E-state index contributed by atoms with van der Waals surface area (Å²) in [5.74, 6) is -0.0185. The zero-order chi connectivity index (χ0) is 14.3. The quantitative estimate of drug-likeness (QED) is 0.781. The Morgan fingerprint density at radius 2 is 2.15 bits per heavy atom. The maximum absolute atomic E-state index is 13.5. The van der Waals surface area contributed by atoms with Crippen LogP contribution in [0.25, 0.3) is 16.9 Å². The van der Waals surface area contributed by atoms with E-state index in [4.69, 9.17) is 10.5 Å². The molecule has 3 aromatic rings. The molecule has 2 aromatic heterocycles. The number of benzene rings is 1. The highest BCUT2D eigenvalue weighted by molar-refractivity contribution is 9.10. The largest absolute Gasteiger partial charge is 0.494 e. The van der Waals surface area contributed by atoms with Crippen LogP contribution in [0, 0.1) is 5.82 Å². The Balaban J connectivity index is 2.26. The van der Waals surface area contributed by atoms with Gasteiger partial charge in [-0.2, -0.15) is 0 Å². The van der Waals surface area contributed by atoms with Gasteiger partial charge in [-0.25, -0.2) is 14.4 Å². The minimum atomic E-state index is -0.435.